The minimum atomic E-state index is -0.155. The van der Waals surface area contributed by atoms with Gasteiger partial charge in [0.1, 0.15) is 0 Å². The highest BCUT2D eigenvalue weighted by atomic mass is 16.1. The van der Waals surface area contributed by atoms with Crippen LogP contribution in [0.25, 0.3) is 0 Å². The monoisotopic (exact) mass is 287 g/mol. The van der Waals surface area contributed by atoms with Gasteiger partial charge in [0.2, 0.25) is 0 Å². The van der Waals surface area contributed by atoms with E-state index in [-0.39, 0.29) is 5.91 Å². The predicted molar refractivity (Wildman–Crippen MR) is 82.7 cm³/mol. The molecule has 1 aromatic heterocycles. The van der Waals surface area contributed by atoms with Crippen molar-refractivity contribution in [2.75, 3.05) is 5.43 Å². The van der Waals surface area contributed by atoms with Crippen molar-refractivity contribution in [2.45, 2.75) is 26.8 Å². The molecule has 6 nitrogen and oxygen atoms in total. The van der Waals surface area contributed by atoms with Gasteiger partial charge < -0.3 is 10.7 Å². The highest BCUT2D eigenvalue weighted by molar-refractivity contribution is 5.99. The van der Waals surface area contributed by atoms with Gasteiger partial charge in [-0.2, -0.15) is 5.10 Å². The van der Waals surface area contributed by atoms with Crippen LogP contribution in [-0.4, -0.2) is 15.7 Å². The van der Waals surface area contributed by atoms with Gasteiger partial charge in [-0.1, -0.05) is 18.6 Å². The number of carbonyl (C=O) groups is 1. The van der Waals surface area contributed by atoms with Crippen molar-refractivity contribution in [3.05, 3.63) is 46.8 Å². The topological polar surface area (TPSA) is 85.0 Å². The third kappa shape index (κ3) is 3.41. The van der Waals surface area contributed by atoms with Crippen molar-refractivity contribution < 1.29 is 4.79 Å². The number of rotatable bonds is 5. The van der Waals surface area contributed by atoms with Gasteiger partial charge >= 0.3 is 0 Å². The molecule has 112 valence electrons. The standard InChI is InChI=1S/C15H21N5O/c1-4-13-11(9-20(3)19-13)8-17-15(21)12-7-10(2)5-6-14(12)18-16/h5-7,9,18H,4,8,16H2,1-3H3,(H,17,21). The Morgan fingerprint density at radius 1 is 1.43 bits per heavy atom. The molecule has 1 heterocycles. The molecule has 0 atom stereocenters. The van der Waals surface area contributed by atoms with Crippen molar-refractivity contribution in [1.29, 1.82) is 0 Å². The second-order valence-corrected chi connectivity index (χ2v) is 5.00. The Hall–Kier alpha value is -2.34. The summed E-state index contributed by atoms with van der Waals surface area (Å²) in [6.45, 7) is 4.44. The van der Waals surface area contributed by atoms with Crippen molar-refractivity contribution >= 4 is 11.6 Å². The Balaban J connectivity index is 2.13. The van der Waals surface area contributed by atoms with Gasteiger partial charge in [0, 0.05) is 25.4 Å². The number of carbonyl (C=O) groups excluding carboxylic acids is 1. The first-order chi connectivity index (χ1) is 10.0. The van der Waals surface area contributed by atoms with Crippen LogP contribution in [0.2, 0.25) is 0 Å². The Morgan fingerprint density at radius 2 is 2.19 bits per heavy atom. The quantitative estimate of drug-likeness (QED) is 0.575. The summed E-state index contributed by atoms with van der Waals surface area (Å²) in [5.74, 6) is 5.30. The summed E-state index contributed by atoms with van der Waals surface area (Å²) in [4.78, 5) is 12.3. The second-order valence-electron chi connectivity index (χ2n) is 5.00. The van der Waals surface area contributed by atoms with E-state index in [9.17, 15) is 4.79 Å². The number of aryl methyl sites for hydroxylation is 3. The average molecular weight is 287 g/mol. The molecular formula is C15H21N5O. The summed E-state index contributed by atoms with van der Waals surface area (Å²) in [6.07, 6.45) is 2.77. The summed E-state index contributed by atoms with van der Waals surface area (Å²) < 4.78 is 1.76. The number of hydrazine groups is 1. The van der Waals surface area contributed by atoms with Crippen LogP contribution in [0.1, 0.15) is 34.1 Å². The molecule has 0 aliphatic carbocycles. The third-order valence-electron chi connectivity index (χ3n) is 3.34. The zero-order valence-corrected chi connectivity index (χ0v) is 12.6. The van der Waals surface area contributed by atoms with E-state index in [1.54, 1.807) is 10.7 Å². The maximum atomic E-state index is 12.3. The highest BCUT2D eigenvalue weighted by Gasteiger charge is 2.12. The number of anilines is 1. The first-order valence-corrected chi connectivity index (χ1v) is 6.92. The fraction of sp³-hybridized carbons (Fsp3) is 0.333. The zero-order chi connectivity index (χ0) is 15.4. The van der Waals surface area contributed by atoms with Crippen LogP contribution >= 0.6 is 0 Å². The van der Waals surface area contributed by atoms with E-state index in [0.717, 1.165) is 23.2 Å². The van der Waals surface area contributed by atoms with Gasteiger partial charge in [-0.25, -0.2) is 0 Å². The van der Waals surface area contributed by atoms with Gasteiger partial charge in [0.25, 0.3) is 5.91 Å². The maximum Gasteiger partial charge on any atom is 0.253 e. The number of hydrogen-bond donors (Lipinski definition) is 3. The molecule has 0 saturated carbocycles. The molecule has 2 aromatic rings. The number of nitrogen functional groups attached to an aromatic ring is 1. The van der Waals surface area contributed by atoms with Crippen LogP contribution < -0.4 is 16.6 Å². The number of benzene rings is 1. The van der Waals surface area contributed by atoms with Gasteiger partial charge in [-0.15, -0.1) is 0 Å². The van der Waals surface area contributed by atoms with E-state index in [1.165, 1.54) is 0 Å². The fourth-order valence-electron chi connectivity index (χ4n) is 2.27. The van der Waals surface area contributed by atoms with E-state index in [1.807, 2.05) is 39.2 Å². The Bertz CT molecular complexity index is 648. The molecule has 0 aliphatic heterocycles. The maximum absolute atomic E-state index is 12.3. The minimum Gasteiger partial charge on any atom is -0.348 e. The molecule has 0 bridgehead atoms. The lowest BCUT2D eigenvalue weighted by molar-refractivity contribution is 0.0951. The van der Waals surface area contributed by atoms with Crippen molar-refractivity contribution in [3.8, 4) is 0 Å². The number of amides is 1. The summed E-state index contributed by atoms with van der Waals surface area (Å²) in [5.41, 5.74) is 6.74. The first kappa shape index (κ1) is 15.1. The van der Waals surface area contributed by atoms with E-state index in [4.69, 9.17) is 5.84 Å². The average Bonchev–Trinajstić information content (AvgIpc) is 2.84. The molecule has 21 heavy (non-hydrogen) atoms. The first-order valence-electron chi connectivity index (χ1n) is 6.92. The Kier molecular flexibility index (Phi) is 4.59. The summed E-state index contributed by atoms with van der Waals surface area (Å²) in [7, 11) is 1.88. The lowest BCUT2D eigenvalue weighted by atomic mass is 10.1. The van der Waals surface area contributed by atoms with E-state index < -0.39 is 0 Å². The van der Waals surface area contributed by atoms with Crippen molar-refractivity contribution in [1.82, 2.24) is 15.1 Å². The van der Waals surface area contributed by atoms with E-state index >= 15 is 0 Å². The number of nitrogens with two attached hydrogens (primary N) is 1. The van der Waals surface area contributed by atoms with Gasteiger partial charge in [-0.3, -0.25) is 15.3 Å². The van der Waals surface area contributed by atoms with Crippen LogP contribution in [-0.2, 0) is 20.0 Å². The minimum absolute atomic E-state index is 0.155. The molecule has 6 heteroatoms. The van der Waals surface area contributed by atoms with Crippen LogP contribution in [0.15, 0.2) is 24.4 Å². The lowest BCUT2D eigenvalue weighted by Gasteiger charge is -2.10. The van der Waals surface area contributed by atoms with Gasteiger partial charge in [-0.05, 0) is 25.5 Å². The number of hydrogen-bond acceptors (Lipinski definition) is 4. The summed E-state index contributed by atoms with van der Waals surface area (Å²) >= 11 is 0. The van der Waals surface area contributed by atoms with Crippen LogP contribution in [0.4, 0.5) is 5.69 Å². The predicted octanol–water partition coefficient (Wildman–Crippen LogP) is 1.51. The van der Waals surface area contributed by atoms with Crippen LogP contribution in [0.5, 0.6) is 0 Å². The molecule has 0 saturated heterocycles. The molecule has 1 amide bonds. The molecule has 4 N–H and O–H groups in total. The zero-order valence-electron chi connectivity index (χ0n) is 12.6. The molecule has 0 aliphatic rings. The van der Waals surface area contributed by atoms with E-state index in [0.29, 0.717) is 17.8 Å². The van der Waals surface area contributed by atoms with Gasteiger partial charge in [0.15, 0.2) is 0 Å². The summed E-state index contributed by atoms with van der Waals surface area (Å²) in [5, 5.41) is 7.28. The highest BCUT2D eigenvalue weighted by Crippen LogP contribution is 2.16. The lowest BCUT2D eigenvalue weighted by Crippen LogP contribution is -2.25. The fourth-order valence-corrected chi connectivity index (χ4v) is 2.27. The smallest absolute Gasteiger partial charge is 0.253 e. The largest absolute Gasteiger partial charge is 0.348 e. The van der Waals surface area contributed by atoms with Crippen molar-refractivity contribution in [2.24, 2.45) is 12.9 Å². The van der Waals surface area contributed by atoms with Crippen LogP contribution in [0, 0.1) is 6.92 Å². The molecule has 2 rings (SSSR count). The van der Waals surface area contributed by atoms with Crippen LogP contribution in [0.3, 0.4) is 0 Å². The third-order valence-corrected chi connectivity index (χ3v) is 3.34. The SMILES string of the molecule is CCc1nn(C)cc1CNC(=O)c1cc(C)ccc1NN. The number of nitrogens with zero attached hydrogens (tertiary/aromatic N) is 2. The number of nitrogens with one attached hydrogen (secondary N) is 2. The normalized spacial score (nSPS) is 10.5. The number of aromatic nitrogens is 2. The Morgan fingerprint density at radius 3 is 2.86 bits per heavy atom. The summed E-state index contributed by atoms with van der Waals surface area (Å²) in [6, 6.07) is 5.52. The molecule has 0 unspecified atom stereocenters. The van der Waals surface area contributed by atoms with E-state index in [2.05, 4.69) is 15.8 Å². The molecule has 0 radical (unpaired) electrons. The molecular weight excluding hydrogens is 266 g/mol. The second kappa shape index (κ2) is 6.41. The molecule has 1 aromatic carbocycles. The van der Waals surface area contributed by atoms with Crippen molar-refractivity contribution in [3.63, 3.8) is 0 Å². The van der Waals surface area contributed by atoms with Gasteiger partial charge in [0.05, 0.1) is 16.9 Å². The molecule has 0 fully saturated rings. The Labute approximate surface area is 124 Å². The molecule has 0 spiro atoms.